The maximum Gasteiger partial charge on any atom is 0.258 e. The normalized spacial score (nSPS) is 10.1. The Morgan fingerprint density at radius 2 is 1.73 bits per heavy atom. The van der Waals surface area contributed by atoms with E-state index in [0.29, 0.717) is 5.69 Å². The van der Waals surface area contributed by atoms with Crippen molar-refractivity contribution in [1.82, 2.24) is 5.32 Å². The molecule has 0 atom stereocenters. The smallest absolute Gasteiger partial charge is 0.258 e. The highest BCUT2D eigenvalue weighted by Gasteiger charge is 2.13. The fourth-order valence-electron chi connectivity index (χ4n) is 1.85. The minimum absolute atomic E-state index is 0.126. The number of carbonyl (C=O) groups is 2. The summed E-state index contributed by atoms with van der Waals surface area (Å²) in [7, 11) is 1.55. The Morgan fingerprint density at radius 1 is 1.05 bits per heavy atom. The van der Waals surface area contributed by atoms with Crippen LogP contribution in [0.25, 0.3) is 0 Å². The van der Waals surface area contributed by atoms with Crippen molar-refractivity contribution in [3.05, 3.63) is 65.2 Å². The number of nitrogens with one attached hydrogen (secondary N) is 2. The van der Waals surface area contributed by atoms with E-state index in [9.17, 15) is 18.4 Å². The number of anilines is 1. The van der Waals surface area contributed by atoms with Crippen molar-refractivity contribution in [1.29, 1.82) is 0 Å². The highest BCUT2D eigenvalue weighted by molar-refractivity contribution is 6.04. The summed E-state index contributed by atoms with van der Waals surface area (Å²) in [6.45, 7) is 0. The predicted octanol–water partition coefficient (Wildman–Crippen LogP) is 2.51. The van der Waals surface area contributed by atoms with Gasteiger partial charge in [-0.15, -0.1) is 0 Å². The summed E-state index contributed by atoms with van der Waals surface area (Å²) in [6, 6.07) is 9.21. The number of benzene rings is 2. The van der Waals surface area contributed by atoms with Crippen LogP contribution in [0.3, 0.4) is 0 Å². The molecule has 0 unspecified atom stereocenters. The third-order valence-electron chi connectivity index (χ3n) is 3.03. The molecule has 2 N–H and O–H groups in total. The molecule has 2 rings (SSSR count). The molecule has 2 aromatic carbocycles. The van der Waals surface area contributed by atoms with Crippen LogP contribution in [-0.4, -0.2) is 18.9 Å². The van der Waals surface area contributed by atoms with Crippen LogP contribution in [0.15, 0.2) is 42.5 Å². The van der Waals surface area contributed by atoms with Gasteiger partial charge in [0.15, 0.2) is 0 Å². The Morgan fingerprint density at radius 3 is 2.36 bits per heavy atom. The van der Waals surface area contributed by atoms with Crippen LogP contribution < -0.4 is 10.6 Å². The third kappa shape index (κ3) is 3.88. The van der Waals surface area contributed by atoms with Gasteiger partial charge >= 0.3 is 0 Å². The van der Waals surface area contributed by atoms with Crippen molar-refractivity contribution < 1.29 is 18.4 Å². The van der Waals surface area contributed by atoms with Gasteiger partial charge in [-0.2, -0.15) is 0 Å². The van der Waals surface area contributed by atoms with Gasteiger partial charge in [-0.1, -0.05) is 12.1 Å². The number of rotatable bonds is 4. The Kier molecular flexibility index (Phi) is 4.83. The molecule has 114 valence electrons. The van der Waals surface area contributed by atoms with Crippen molar-refractivity contribution >= 4 is 17.5 Å². The maximum absolute atomic E-state index is 13.5. The highest BCUT2D eigenvalue weighted by Crippen LogP contribution is 2.14. The van der Waals surface area contributed by atoms with E-state index in [-0.39, 0.29) is 17.9 Å². The lowest BCUT2D eigenvalue weighted by atomic mass is 10.1. The van der Waals surface area contributed by atoms with Crippen molar-refractivity contribution in [3.8, 4) is 0 Å². The van der Waals surface area contributed by atoms with Gasteiger partial charge in [-0.25, -0.2) is 8.78 Å². The molecule has 0 fully saturated rings. The summed E-state index contributed by atoms with van der Waals surface area (Å²) in [6.07, 6.45) is 0.225. The zero-order valence-corrected chi connectivity index (χ0v) is 11.8. The first kappa shape index (κ1) is 15.6. The van der Waals surface area contributed by atoms with E-state index < -0.39 is 17.5 Å². The molecule has 2 amide bonds. The molecular weight excluding hydrogens is 290 g/mol. The fourth-order valence-corrected chi connectivity index (χ4v) is 1.85. The molecule has 0 aliphatic heterocycles. The molecule has 4 nitrogen and oxygen atoms in total. The second kappa shape index (κ2) is 6.80. The second-order valence-corrected chi connectivity index (χ2v) is 4.63. The van der Waals surface area contributed by atoms with Gasteiger partial charge in [0.1, 0.15) is 11.6 Å². The molecule has 0 aromatic heterocycles. The molecule has 2 aromatic rings. The van der Waals surface area contributed by atoms with E-state index >= 15 is 0 Å². The number of hydrogen-bond donors (Lipinski definition) is 2. The number of likely N-dealkylation sites (N-methyl/N-ethyl adjacent to an activating group) is 1. The third-order valence-corrected chi connectivity index (χ3v) is 3.03. The Hall–Kier alpha value is -2.76. The number of hydrogen-bond acceptors (Lipinski definition) is 2. The van der Waals surface area contributed by atoms with Crippen LogP contribution in [0.5, 0.6) is 0 Å². The van der Waals surface area contributed by atoms with E-state index in [0.717, 1.165) is 23.8 Å². The van der Waals surface area contributed by atoms with Crippen LogP contribution in [0.1, 0.15) is 15.9 Å². The summed E-state index contributed by atoms with van der Waals surface area (Å²) < 4.78 is 26.6. The van der Waals surface area contributed by atoms with Crippen molar-refractivity contribution in [2.45, 2.75) is 6.42 Å². The summed E-state index contributed by atoms with van der Waals surface area (Å²) in [4.78, 5) is 23.2. The van der Waals surface area contributed by atoms with Gasteiger partial charge in [-0.05, 0) is 35.9 Å². The molecule has 0 saturated heterocycles. The monoisotopic (exact) mass is 304 g/mol. The lowest BCUT2D eigenvalue weighted by Crippen LogP contribution is -2.19. The van der Waals surface area contributed by atoms with Gasteiger partial charge in [0.05, 0.1) is 12.0 Å². The molecule has 0 saturated carbocycles. The number of carbonyl (C=O) groups excluding carboxylic acids is 2. The largest absolute Gasteiger partial charge is 0.359 e. The van der Waals surface area contributed by atoms with E-state index in [2.05, 4.69) is 10.6 Å². The second-order valence-electron chi connectivity index (χ2n) is 4.63. The maximum atomic E-state index is 13.5. The molecule has 6 heteroatoms. The topological polar surface area (TPSA) is 58.2 Å². The lowest BCUT2D eigenvalue weighted by Gasteiger charge is -2.07. The van der Waals surface area contributed by atoms with Crippen molar-refractivity contribution in [3.63, 3.8) is 0 Å². The van der Waals surface area contributed by atoms with Gasteiger partial charge in [0.25, 0.3) is 5.91 Å². The van der Waals surface area contributed by atoms with Crippen molar-refractivity contribution in [2.75, 3.05) is 12.4 Å². The van der Waals surface area contributed by atoms with E-state index in [1.807, 2.05) is 0 Å². The van der Waals surface area contributed by atoms with Crippen LogP contribution in [-0.2, 0) is 11.2 Å². The molecule has 0 aliphatic carbocycles. The fraction of sp³-hybridized carbons (Fsp3) is 0.125. The first-order valence-electron chi connectivity index (χ1n) is 6.55. The minimum Gasteiger partial charge on any atom is -0.359 e. The summed E-state index contributed by atoms with van der Waals surface area (Å²) >= 11 is 0. The predicted molar refractivity (Wildman–Crippen MR) is 78.5 cm³/mol. The van der Waals surface area contributed by atoms with E-state index in [1.54, 1.807) is 31.3 Å². The average Bonchev–Trinajstić information content (AvgIpc) is 2.51. The lowest BCUT2D eigenvalue weighted by molar-refractivity contribution is -0.119. The number of halogens is 2. The van der Waals surface area contributed by atoms with Crippen LogP contribution in [0.4, 0.5) is 14.5 Å². The standard InChI is InChI=1S/C16H14F2N2O2/c1-19-15(21)8-10-2-5-12(6-3-10)20-16(22)13-9-11(17)4-7-14(13)18/h2-7,9H,8H2,1H3,(H,19,21)(H,20,22). The molecule has 0 heterocycles. The Labute approximate surface area is 126 Å². The quantitative estimate of drug-likeness (QED) is 0.912. The molecular formula is C16H14F2N2O2. The van der Waals surface area contributed by atoms with Crippen LogP contribution in [0.2, 0.25) is 0 Å². The zero-order valence-electron chi connectivity index (χ0n) is 11.8. The Bertz CT molecular complexity index is 700. The first-order chi connectivity index (χ1) is 10.5. The molecule has 22 heavy (non-hydrogen) atoms. The van der Waals surface area contributed by atoms with Gasteiger partial charge < -0.3 is 10.6 Å². The zero-order chi connectivity index (χ0) is 16.1. The van der Waals surface area contributed by atoms with Crippen molar-refractivity contribution in [2.24, 2.45) is 0 Å². The van der Waals surface area contributed by atoms with Crippen LogP contribution >= 0.6 is 0 Å². The summed E-state index contributed by atoms with van der Waals surface area (Å²) in [5, 5.41) is 4.98. The number of amides is 2. The van der Waals surface area contributed by atoms with Crippen LogP contribution in [0, 0.1) is 11.6 Å². The molecule has 0 aliphatic rings. The first-order valence-corrected chi connectivity index (χ1v) is 6.55. The van der Waals surface area contributed by atoms with Gasteiger partial charge in [0, 0.05) is 12.7 Å². The molecule has 0 bridgehead atoms. The Balaban J connectivity index is 2.08. The highest BCUT2D eigenvalue weighted by atomic mass is 19.1. The van der Waals surface area contributed by atoms with E-state index in [1.165, 1.54) is 0 Å². The summed E-state index contributed by atoms with van der Waals surface area (Å²) in [5.41, 5.74) is 0.832. The molecule has 0 spiro atoms. The molecule has 0 radical (unpaired) electrons. The summed E-state index contributed by atoms with van der Waals surface area (Å²) in [5.74, 6) is -2.35. The SMILES string of the molecule is CNC(=O)Cc1ccc(NC(=O)c2cc(F)ccc2F)cc1. The van der Waals surface area contributed by atoms with Gasteiger partial charge in [0.2, 0.25) is 5.91 Å². The van der Waals surface area contributed by atoms with E-state index in [4.69, 9.17) is 0 Å². The average molecular weight is 304 g/mol. The minimum atomic E-state index is -0.796. The van der Waals surface area contributed by atoms with Gasteiger partial charge in [-0.3, -0.25) is 9.59 Å².